The lowest BCUT2D eigenvalue weighted by Crippen LogP contribution is -2.40. The molecule has 1 N–H and O–H groups in total. The quantitative estimate of drug-likeness (QED) is 0.593. The monoisotopic (exact) mass is 477 g/mol. The summed E-state index contributed by atoms with van der Waals surface area (Å²) in [5.74, 6) is 0.503. The molecule has 1 aliphatic rings. The number of methoxy groups -OCH3 is 2. The molecule has 2 aromatic carbocycles. The maximum atomic E-state index is 13.2. The number of nitrogens with one attached hydrogen (secondary N) is 1. The third kappa shape index (κ3) is 5.40. The summed E-state index contributed by atoms with van der Waals surface area (Å²) in [6, 6.07) is 9.75. The van der Waals surface area contributed by atoms with Crippen LogP contribution in [0.15, 0.2) is 41.3 Å². The van der Waals surface area contributed by atoms with E-state index in [0.29, 0.717) is 62.1 Å². The molecule has 0 aliphatic carbocycles. The fourth-order valence-electron chi connectivity index (χ4n) is 3.73. The highest BCUT2D eigenvalue weighted by Gasteiger charge is 2.28. The molecule has 0 saturated carbocycles. The number of hydrogen-bond donors (Lipinski definition) is 1. The van der Waals surface area contributed by atoms with Crippen molar-refractivity contribution in [3.63, 3.8) is 0 Å². The van der Waals surface area contributed by atoms with Crippen molar-refractivity contribution in [3.05, 3.63) is 42.0 Å². The number of morpholine rings is 1. The molecule has 0 atom stereocenters. The first-order chi connectivity index (χ1) is 15.8. The summed E-state index contributed by atoms with van der Waals surface area (Å²) in [6.45, 7) is 6.70. The van der Waals surface area contributed by atoms with Crippen molar-refractivity contribution >= 4 is 27.3 Å². The van der Waals surface area contributed by atoms with E-state index in [2.05, 4.69) is 5.32 Å². The molecule has 1 aliphatic heterocycles. The lowest BCUT2D eigenvalue weighted by atomic mass is 10.1. The van der Waals surface area contributed by atoms with E-state index in [1.807, 2.05) is 18.7 Å². The van der Waals surface area contributed by atoms with Crippen LogP contribution >= 0.6 is 0 Å². The van der Waals surface area contributed by atoms with Crippen molar-refractivity contribution in [2.24, 2.45) is 0 Å². The number of nitrogens with zero attached hydrogens (tertiary/aromatic N) is 2. The van der Waals surface area contributed by atoms with Crippen LogP contribution in [0.4, 0.5) is 11.4 Å². The number of sulfonamides is 1. The summed E-state index contributed by atoms with van der Waals surface area (Å²) < 4.78 is 43.6. The molecule has 0 radical (unpaired) electrons. The Hall–Kier alpha value is -2.82. The van der Waals surface area contributed by atoms with Crippen LogP contribution in [0.1, 0.15) is 24.2 Å². The molecule has 0 spiro atoms. The van der Waals surface area contributed by atoms with Crippen molar-refractivity contribution in [1.29, 1.82) is 0 Å². The molecule has 1 saturated heterocycles. The number of benzene rings is 2. The molecule has 1 fully saturated rings. The first-order valence-electron chi connectivity index (χ1n) is 10.9. The number of carbonyl (C=O) groups is 1. The Balaban J connectivity index is 2.01. The fraction of sp³-hybridized carbons (Fsp3) is 0.435. The minimum Gasteiger partial charge on any atom is -0.497 e. The van der Waals surface area contributed by atoms with Gasteiger partial charge in [-0.05, 0) is 44.2 Å². The molecule has 2 aromatic rings. The van der Waals surface area contributed by atoms with Gasteiger partial charge in [0, 0.05) is 32.2 Å². The summed E-state index contributed by atoms with van der Waals surface area (Å²) in [7, 11) is -0.713. The van der Waals surface area contributed by atoms with Crippen LogP contribution in [0, 0.1) is 0 Å². The number of ether oxygens (including phenoxy) is 3. The van der Waals surface area contributed by atoms with E-state index in [4.69, 9.17) is 14.2 Å². The molecular formula is C23H31N3O6S. The molecular weight excluding hydrogens is 446 g/mol. The zero-order valence-electron chi connectivity index (χ0n) is 19.5. The number of carbonyl (C=O) groups excluding carboxylic acids is 1. The first kappa shape index (κ1) is 24.8. The molecule has 33 heavy (non-hydrogen) atoms. The van der Waals surface area contributed by atoms with Crippen LogP contribution < -0.4 is 19.7 Å². The van der Waals surface area contributed by atoms with E-state index in [-0.39, 0.29) is 4.90 Å². The minimum atomic E-state index is -3.72. The van der Waals surface area contributed by atoms with Gasteiger partial charge in [0.15, 0.2) is 0 Å². The summed E-state index contributed by atoms with van der Waals surface area (Å²) in [6.07, 6.45) is 0. The van der Waals surface area contributed by atoms with Crippen molar-refractivity contribution in [1.82, 2.24) is 4.31 Å². The molecule has 3 rings (SSSR count). The average molecular weight is 478 g/mol. The second-order valence-corrected chi connectivity index (χ2v) is 9.33. The van der Waals surface area contributed by atoms with Gasteiger partial charge in [-0.2, -0.15) is 4.31 Å². The van der Waals surface area contributed by atoms with Gasteiger partial charge in [-0.3, -0.25) is 4.79 Å². The molecule has 180 valence electrons. The largest absolute Gasteiger partial charge is 0.497 e. The Bertz CT molecular complexity index is 1080. The molecule has 9 nitrogen and oxygen atoms in total. The average Bonchev–Trinajstić information content (AvgIpc) is 2.85. The highest BCUT2D eigenvalue weighted by Crippen LogP contribution is 2.32. The Morgan fingerprint density at radius 3 is 2.36 bits per heavy atom. The van der Waals surface area contributed by atoms with Crippen LogP contribution in [0.25, 0.3) is 0 Å². The van der Waals surface area contributed by atoms with Gasteiger partial charge in [0.1, 0.15) is 11.5 Å². The highest BCUT2D eigenvalue weighted by molar-refractivity contribution is 7.89. The number of hydrogen-bond acceptors (Lipinski definition) is 7. The maximum absolute atomic E-state index is 13.2. The van der Waals surface area contributed by atoms with Crippen LogP contribution in [-0.4, -0.2) is 72.2 Å². The van der Waals surface area contributed by atoms with E-state index in [0.717, 1.165) is 5.69 Å². The summed E-state index contributed by atoms with van der Waals surface area (Å²) >= 11 is 0. The Morgan fingerprint density at radius 1 is 1.06 bits per heavy atom. The van der Waals surface area contributed by atoms with Crippen molar-refractivity contribution in [3.8, 4) is 11.5 Å². The van der Waals surface area contributed by atoms with Gasteiger partial charge in [-0.1, -0.05) is 0 Å². The van der Waals surface area contributed by atoms with Gasteiger partial charge in [0.25, 0.3) is 5.91 Å². The molecule has 0 aromatic heterocycles. The van der Waals surface area contributed by atoms with Gasteiger partial charge in [0.2, 0.25) is 10.0 Å². The number of anilines is 2. The summed E-state index contributed by atoms with van der Waals surface area (Å²) in [5, 5.41) is 2.89. The summed E-state index contributed by atoms with van der Waals surface area (Å²) in [5.41, 5.74) is 1.46. The Morgan fingerprint density at radius 2 is 1.76 bits per heavy atom. The normalized spacial score (nSPS) is 14.5. The topological polar surface area (TPSA) is 97.4 Å². The predicted molar refractivity (Wildman–Crippen MR) is 127 cm³/mol. The van der Waals surface area contributed by atoms with Crippen LogP contribution in [0.3, 0.4) is 0 Å². The van der Waals surface area contributed by atoms with Gasteiger partial charge in [0.05, 0.1) is 49.3 Å². The van der Waals surface area contributed by atoms with Crippen LogP contribution in [0.5, 0.6) is 11.5 Å². The fourth-order valence-corrected chi connectivity index (χ4v) is 5.16. The molecule has 1 amide bonds. The lowest BCUT2D eigenvalue weighted by Gasteiger charge is -2.28. The van der Waals surface area contributed by atoms with Gasteiger partial charge in [-0.15, -0.1) is 0 Å². The van der Waals surface area contributed by atoms with Crippen molar-refractivity contribution in [2.45, 2.75) is 18.7 Å². The molecule has 10 heteroatoms. The predicted octanol–water partition coefficient (Wildman–Crippen LogP) is 2.82. The second-order valence-electron chi connectivity index (χ2n) is 7.39. The first-order valence-corrected chi connectivity index (χ1v) is 12.3. The third-order valence-corrected chi connectivity index (χ3v) is 7.48. The van der Waals surface area contributed by atoms with E-state index >= 15 is 0 Å². The van der Waals surface area contributed by atoms with Gasteiger partial charge in [-0.25, -0.2) is 8.42 Å². The molecule has 0 bridgehead atoms. The highest BCUT2D eigenvalue weighted by atomic mass is 32.2. The second kappa shape index (κ2) is 10.9. The molecule has 0 unspecified atom stereocenters. The van der Waals surface area contributed by atoms with Crippen molar-refractivity contribution < 1.29 is 27.4 Å². The Labute approximate surface area is 195 Å². The van der Waals surface area contributed by atoms with Crippen LogP contribution in [0.2, 0.25) is 0 Å². The maximum Gasteiger partial charge on any atom is 0.259 e. The molecule has 1 heterocycles. The number of rotatable bonds is 9. The summed E-state index contributed by atoms with van der Waals surface area (Å²) in [4.78, 5) is 15.4. The third-order valence-electron chi connectivity index (χ3n) is 5.58. The standard InChI is InChI=1S/C23H31N3O6S/c1-5-25(6-2)21-10-8-18(33(28,29)26-11-13-32-14-12-26)16-20(21)24-23(27)19-9-7-17(30-3)15-22(19)31-4/h7-10,15-16H,5-6,11-14H2,1-4H3,(H,24,27). The van der Waals surface area contributed by atoms with Crippen molar-refractivity contribution in [2.75, 3.05) is 63.8 Å². The number of amides is 1. The lowest BCUT2D eigenvalue weighted by molar-refractivity contribution is 0.0730. The van der Waals surface area contributed by atoms with E-state index < -0.39 is 15.9 Å². The smallest absolute Gasteiger partial charge is 0.259 e. The zero-order chi connectivity index (χ0) is 24.0. The van der Waals surface area contributed by atoms with E-state index in [9.17, 15) is 13.2 Å². The zero-order valence-corrected chi connectivity index (χ0v) is 20.3. The minimum absolute atomic E-state index is 0.123. The Kier molecular flexibility index (Phi) is 8.17. The van der Waals surface area contributed by atoms with E-state index in [1.54, 1.807) is 30.3 Å². The van der Waals surface area contributed by atoms with Gasteiger partial charge < -0.3 is 24.4 Å². The SMILES string of the molecule is CCN(CC)c1ccc(S(=O)(=O)N2CCOCC2)cc1NC(=O)c1ccc(OC)cc1OC. The van der Waals surface area contributed by atoms with Crippen LogP contribution in [-0.2, 0) is 14.8 Å². The van der Waals surface area contributed by atoms with E-state index in [1.165, 1.54) is 24.6 Å². The van der Waals surface area contributed by atoms with Gasteiger partial charge >= 0.3 is 0 Å².